The number of amides is 1. The molecular formula is C13H19N3O. The van der Waals surface area contributed by atoms with E-state index in [4.69, 9.17) is 0 Å². The Hall–Kier alpha value is -1.29. The number of nitrogens with one attached hydrogen (secondary N) is 2. The molecule has 0 unspecified atom stereocenters. The van der Waals surface area contributed by atoms with Crippen molar-refractivity contribution < 1.29 is 4.79 Å². The largest absolute Gasteiger partial charge is 0.357 e. The summed E-state index contributed by atoms with van der Waals surface area (Å²) in [5, 5.41) is 3.43. The fourth-order valence-electron chi connectivity index (χ4n) is 3.16. The van der Waals surface area contributed by atoms with Crippen molar-refractivity contribution in [2.45, 2.75) is 19.3 Å². The fourth-order valence-corrected chi connectivity index (χ4v) is 3.16. The first-order chi connectivity index (χ1) is 8.29. The van der Waals surface area contributed by atoms with Crippen LogP contribution in [0, 0.1) is 5.41 Å². The van der Waals surface area contributed by atoms with Crippen LogP contribution in [0.5, 0.6) is 0 Å². The van der Waals surface area contributed by atoms with Gasteiger partial charge in [0.15, 0.2) is 0 Å². The van der Waals surface area contributed by atoms with Crippen LogP contribution >= 0.6 is 0 Å². The van der Waals surface area contributed by atoms with Gasteiger partial charge in [-0.25, -0.2) is 0 Å². The van der Waals surface area contributed by atoms with Crippen LogP contribution in [0.15, 0.2) is 18.3 Å². The van der Waals surface area contributed by atoms with E-state index < -0.39 is 0 Å². The number of nitrogens with zero attached hydrogens (tertiary/aromatic N) is 1. The number of aromatic amines is 1. The minimum absolute atomic E-state index is 0.154. The van der Waals surface area contributed by atoms with Gasteiger partial charge in [0.05, 0.1) is 0 Å². The van der Waals surface area contributed by atoms with E-state index in [1.807, 2.05) is 23.2 Å². The monoisotopic (exact) mass is 233 g/mol. The van der Waals surface area contributed by atoms with E-state index in [9.17, 15) is 4.79 Å². The molecule has 0 saturated carbocycles. The van der Waals surface area contributed by atoms with Gasteiger partial charge in [0, 0.05) is 31.2 Å². The Kier molecular flexibility index (Phi) is 2.67. The first-order valence-corrected chi connectivity index (χ1v) is 6.43. The molecule has 3 rings (SSSR count). The zero-order valence-corrected chi connectivity index (χ0v) is 10.0. The molecule has 2 aliphatic heterocycles. The van der Waals surface area contributed by atoms with Crippen LogP contribution < -0.4 is 5.32 Å². The normalized spacial score (nSPS) is 28.8. The lowest BCUT2D eigenvalue weighted by molar-refractivity contribution is 0.0548. The van der Waals surface area contributed by atoms with Gasteiger partial charge in [0.25, 0.3) is 5.91 Å². The molecule has 4 heteroatoms. The quantitative estimate of drug-likeness (QED) is 0.766. The molecule has 1 atom stereocenters. The Morgan fingerprint density at radius 2 is 2.35 bits per heavy atom. The third-order valence-electron chi connectivity index (χ3n) is 4.11. The molecule has 0 radical (unpaired) electrons. The topological polar surface area (TPSA) is 48.1 Å². The second kappa shape index (κ2) is 4.18. The third-order valence-corrected chi connectivity index (χ3v) is 4.11. The van der Waals surface area contributed by atoms with Gasteiger partial charge >= 0.3 is 0 Å². The highest BCUT2D eigenvalue weighted by atomic mass is 16.2. The molecule has 3 heterocycles. The summed E-state index contributed by atoms with van der Waals surface area (Å²) in [6.45, 7) is 3.99. The summed E-state index contributed by atoms with van der Waals surface area (Å²) >= 11 is 0. The van der Waals surface area contributed by atoms with Crippen LogP contribution in [0.25, 0.3) is 0 Å². The van der Waals surface area contributed by atoms with Gasteiger partial charge in [-0.1, -0.05) is 0 Å². The fraction of sp³-hybridized carbons (Fsp3) is 0.615. The van der Waals surface area contributed by atoms with E-state index >= 15 is 0 Å². The predicted molar refractivity (Wildman–Crippen MR) is 65.8 cm³/mol. The average molecular weight is 233 g/mol. The van der Waals surface area contributed by atoms with Crippen LogP contribution in [0.3, 0.4) is 0 Å². The van der Waals surface area contributed by atoms with Crippen LogP contribution in [0.1, 0.15) is 29.8 Å². The molecule has 2 fully saturated rings. The number of likely N-dealkylation sites (tertiary alicyclic amines) is 1. The molecule has 0 aromatic carbocycles. The third kappa shape index (κ3) is 1.97. The van der Waals surface area contributed by atoms with E-state index in [2.05, 4.69) is 10.3 Å². The van der Waals surface area contributed by atoms with Gasteiger partial charge in [-0.05, 0) is 37.9 Å². The zero-order chi connectivity index (χ0) is 11.7. The van der Waals surface area contributed by atoms with Crippen molar-refractivity contribution in [1.29, 1.82) is 0 Å². The van der Waals surface area contributed by atoms with Gasteiger partial charge in [0.2, 0.25) is 0 Å². The zero-order valence-electron chi connectivity index (χ0n) is 10.0. The Morgan fingerprint density at radius 3 is 3.06 bits per heavy atom. The summed E-state index contributed by atoms with van der Waals surface area (Å²) in [6, 6.07) is 3.74. The van der Waals surface area contributed by atoms with Crippen LogP contribution in [-0.2, 0) is 0 Å². The summed E-state index contributed by atoms with van der Waals surface area (Å²) in [6.07, 6.45) is 5.41. The molecule has 2 N–H and O–H groups in total. The van der Waals surface area contributed by atoms with Crippen molar-refractivity contribution in [2.24, 2.45) is 5.41 Å². The lowest BCUT2D eigenvalue weighted by atomic mass is 9.79. The lowest BCUT2D eigenvalue weighted by Crippen LogP contribution is -2.47. The maximum Gasteiger partial charge on any atom is 0.270 e. The summed E-state index contributed by atoms with van der Waals surface area (Å²) in [5.41, 5.74) is 1.06. The number of carbonyl (C=O) groups excluding carboxylic acids is 1. The minimum Gasteiger partial charge on any atom is -0.357 e. The Morgan fingerprint density at radius 1 is 1.41 bits per heavy atom. The SMILES string of the molecule is O=C(c1ccc[nH]1)N1CCC[C@]2(CCNC2)C1. The first-order valence-electron chi connectivity index (χ1n) is 6.43. The molecule has 2 aliphatic rings. The number of rotatable bonds is 1. The molecule has 0 aliphatic carbocycles. The molecule has 1 amide bonds. The standard InChI is InChI=1S/C13H19N3O/c17-12(11-3-1-6-15-11)16-8-2-4-13(10-16)5-7-14-9-13/h1,3,6,14-15H,2,4-5,7-10H2/t13-/m1/s1. The van der Waals surface area contributed by atoms with Crippen molar-refractivity contribution in [3.63, 3.8) is 0 Å². The predicted octanol–water partition coefficient (Wildman–Crippen LogP) is 1.23. The number of hydrogen-bond acceptors (Lipinski definition) is 2. The van der Waals surface area contributed by atoms with Gasteiger partial charge in [0.1, 0.15) is 5.69 Å². The second-order valence-electron chi connectivity index (χ2n) is 5.34. The number of carbonyl (C=O) groups is 1. The number of H-pyrrole nitrogens is 1. The van der Waals surface area contributed by atoms with Crippen molar-refractivity contribution in [3.8, 4) is 0 Å². The summed E-state index contributed by atoms with van der Waals surface area (Å²) < 4.78 is 0. The van der Waals surface area contributed by atoms with E-state index in [1.165, 1.54) is 12.8 Å². The van der Waals surface area contributed by atoms with Crippen molar-refractivity contribution in [2.75, 3.05) is 26.2 Å². The average Bonchev–Trinajstić information content (AvgIpc) is 3.00. The van der Waals surface area contributed by atoms with Crippen molar-refractivity contribution in [3.05, 3.63) is 24.0 Å². The van der Waals surface area contributed by atoms with Gasteiger partial charge < -0.3 is 15.2 Å². The molecule has 2 saturated heterocycles. The smallest absolute Gasteiger partial charge is 0.270 e. The molecule has 0 bridgehead atoms. The molecule has 1 aromatic rings. The number of aromatic nitrogens is 1. The molecule has 4 nitrogen and oxygen atoms in total. The van der Waals surface area contributed by atoms with Gasteiger partial charge in [-0.3, -0.25) is 4.79 Å². The van der Waals surface area contributed by atoms with Crippen LogP contribution in [-0.4, -0.2) is 42.0 Å². The molecular weight excluding hydrogens is 214 g/mol. The summed E-state index contributed by atoms with van der Waals surface area (Å²) in [7, 11) is 0. The van der Waals surface area contributed by atoms with Gasteiger partial charge in [-0.2, -0.15) is 0 Å². The van der Waals surface area contributed by atoms with Crippen molar-refractivity contribution >= 4 is 5.91 Å². The summed E-state index contributed by atoms with van der Waals surface area (Å²) in [4.78, 5) is 17.3. The minimum atomic E-state index is 0.154. The molecule has 1 spiro atoms. The lowest BCUT2D eigenvalue weighted by Gasteiger charge is -2.39. The first kappa shape index (κ1) is 10.8. The maximum atomic E-state index is 12.3. The highest BCUT2D eigenvalue weighted by Gasteiger charge is 2.39. The number of piperidine rings is 1. The molecule has 1 aromatic heterocycles. The highest BCUT2D eigenvalue weighted by Crippen LogP contribution is 2.35. The number of hydrogen-bond donors (Lipinski definition) is 2. The Bertz CT molecular complexity index is 393. The molecule has 92 valence electrons. The van der Waals surface area contributed by atoms with Crippen LogP contribution in [0.4, 0.5) is 0 Å². The maximum absolute atomic E-state index is 12.3. The van der Waals surface area contributed by atoms with Crippen LogP contribution in [0.2, 0.25) is 0 Å². The highest BCUT2D eigenvalue weighted by molar-refractivity contribution is 5.92. The Balaban J connectivity index is 1.73. The van der Waals surface area contributed by atoms with Crippen molar-refractivity contribution in [1.82, 2.24) is 15.2 Å². The second-order valence-corrected chi connectivity index (χ2v) is 5.34. The molecule has 17 heavy (non-hydrogen) atoms. The summed E-state index contributed by atoms with van der Waals surface area (Å²) in [5.74, 6) is 0.154. The van der Waals surface area contributed by atoms with Gasteiger partial charge in [-0.15, -0.1) is 0 Å². The van der Waals surface area contributed by atoms with E-state index in [1.54, 1.807) is 0 Å². The van der Waals surface area contributed by atoms with E-state index in [0.29, 0.717) is 11.1 Å². The Labute approximate surface area is 101 Å². The van der Waals surface area contributed by atoms with E-state index in [0.717, 1.165) is 32.6 Å². The van der Waals surface area contributed by atoms with E-state index in [-0.39, 0.29) is 5.91 Å².